The number of ether oxygens (including phenoxy) is 2. The highest BCUT2D eigenvalue weighted by Gasteiger charge is 2.25. The van der Waals surface area contributed by atoms with Crippen LogP contribution in [-0.4, -0.2) is 25.9 Å². The highest BCUT2D eigenvalue weighted by Crippen LogP contribution is 2.23. The maximum Gasteiger partial charge on any atom is 0.102 e. The van der Waals surface area contributed by atoms with Gasteiger partial charge in [0.15, 0.2) is 0 Å². The largest absolute Gasteiger partial charge is 0.376 e. The van der Waals surface area contributed by atoms with Gasteiger partial charge in [-0.3, -0.25) is 11.3 Å². The van der Waals surface area contributed by atoms with E-state index in [9.17, 15) is 0 Å². The normalized spacial score (nSPS) is 23.0. The minimum atomic E-state index is -0.0981. The van der Waals surface area contributed by atoms with Crippen molar-refractivity contribution in [3.8, 4) is 0 Å². The van der Waals surface area contributed by atoms with Crippen LogP contribution in [0.3, 0.4) is 0 Å². The summed E-state index contributed by atoms with van der Waals surface area (Å²) < 4.78 is 11.0. The lowest BCUT2D eigenvalue weighted by Crippen LogP contribution is -2.43. The fourth-order valence-electron chi connectivity index (χ4n) is 1.82. The van der Waals surface area contributed by atoms with Crippen molar-refractivity contribution in [2.45, 2.75) is 12.1 Å². The van der Waals surface area contributed by atoms with Gasteiger partial charge in [-0.15, -0.1) is 0 Å². The highest BCUT2D eigenvalue weighted by atomic mass is 35.5. The molecule has 1 saturated heterocycles. The molecule has 4 nitrogen and oxygen atoms in total. The first-order chi connectivity index (χ1) is 7.81. The van der Waals surface area contributed by atoms with E-state index < -0.39 is 0 Å². The third-order valence-corrected chi connectivity index (χ3v) is 2.84. The molecule has 1 aromatic rings. The molecule has 2 atom stereocenters. The summed E-state index contributed by atoms with van der Waals surface area (Å²) in [5.41, 5.74) is 3.76. The summed E-state index contributed by atoms with van der Waals surface area (Å²) in [7, 11) is 0. The molecule has 0 radical (unpaired) electrons. The zero-order valence-electron chi connectivity index (χ0n) is 8.86. The van der Waals surface area contributed by atoms with E-state index in [0.717, 1.165) is 5.56 Å². The van der Waals surface area contributed by atoms with Crippen LogP contribution in [0.1, 0.15) is 11.6 Å². The molecule has 1 aliphatic heterocycles. The van der Waals surface area contributed by atoms with Crippen LogP contribution in [0.2, 0.25) is 5.02 Å². The molecule has 0 spiro atoms. The Morgan fingerprint density at radius 2 is 2.31 bits per heavy atom. The summed E-state index contributed by atoms with van der Waals surface area (Å²) in [5.74, 6) is 5.56. The van der Waals surface area contributed by atoms with Crippen molar-refractivity contribution in [2.24, 2.45) is 5.84 Å². The maximum atomic E-state index is 5.94. The zero-order chi connectivity index (χ0) is 11.4. The molecule has 0 aliphatic carbocycles. The van der Waals surface area contributed by atoms with Gasteiger partial charge in [-0.25, -0.2) is 0 Å². The second kappa shape index (κ2) is 5.61. The lowest BCUT2D eigenvalue weighted by molar-refractivity contribution is -0.102. The van der Waals surface area contributed by atoms with Crippen molar-refractivity contribution < 1.29 is 9.47 Å². The van der Waals surface area contributed by atoms with Crippen molar-refractivity contribution >= 4 is 11.6 Å². The van der Waals surface area contributed by atoms with Gasteiger partial charge in [0.2, 0.25) is 0 Å². The summed E-state index contributed by atoms with van der Waals surface area (Å²) in [4.78, 5) is 0. The van der Waals surface area contributed by atoms with E-state index in [1.54, 1.807) is 0 Å². The first kappa shape index (κ1) is 11.8. The Labute approximate surface area is 99.6 Å². The molecule has 0 saturated carbocycles. The lowest BCUT2D eigenvalue weighted by atomic mass is 10.0. The van der Waals surface area contributed by atoms with Crippen LogP contribution in [-0.2, 0) is 9.47 Å². The first-order valence-electron chi connectivity index (χ1n) is 5.22. The molecule has 2 unspecified atom stereocenters. The van der Waals surface area contributed by atoms with Gasteiger partial charge in [-0.05, 0) is 17.7 Å². The maximum absolute atomic E-state index is 5.94. The topological polar surface area (TPSA) is 56.5 Å². The Bertz CT molecular complexity index is 343. The summed E-state index contributed by atoms with van der Waals surface area (Å²) in [6, 6.07) is 7.47. The second-order valence-corrected chi connectivity index (χ2v) is 4.12. The average molecular weight is 243 g/mol. The van der Waals surface area contributed by atoms with Gasteiger partial charge >= 0.3 is 0 Å². The molecule has 0 aromatic heterocycles. The van der Waals surface area contributed by atoms with Crippen LogP contribution >= 0.6 is 11.6 Å². The van der Waals surface area contributed by atoms with Crippen molar-refractivity contribution in [3.63, 3.8) is 0 Å². The first-order valence-corrected chi connectivity index (χ1v) is 5.60. The predicted molar refractivity (Wildman–Crippen MR) is 62.1 cm³/mol. The van der Waals surface area contributed by atoms with Crippen LogP contribution in [0.4, 0.5) is 0 Å². The third kappa shape index (κ3) is 2.72. The Hall–Kier alpha value is -0.650. The summed E-state index contributed by atoms with van der Waals surface area (Å²) in [6.45, 7) is 1.79. The second-order valence-electron chi connectivity index (χ2n) is 3.68. The van der Waals surface area contributed by atoms with Crippen LogP contribution in [0, 0.1) is 0 Å². The van der Waals surface area contributed by atoms with E-state index in [2.05, 4.69) is 5.43 Å². The van der Waals surface area contributed by atoms with Gasteiger partial charge in [0, 0.05) is 5.02 Å². The van der Waals surface area contributed by atoms with E-state index in [-0.39, 0.29) is 12.1 Å². The van der Waals surface area contributed by atoms with E-state index in [1.165, 1.54) is 0 Å². The molecule has 1 heterocycles. The van der Waals surface area contributed by atoms with Crippen LogP contribution in [0.15, 0.2) is 24.3 Å². The molecule has 3 N–H and O–H groups in total. The lowest BCUT2D eigenvalue weighted by Gasteiger charge is -2.30. The fraction of sp³-hybridized carbons (Fsp3) is 0.455. The number of nitrogens with one attached hydrogen (secondary N) is 1. The molecule has 2 rings (SSSR count). The summed E-state index contributed by atoms with van der Waals surface area (Å²) in [6.07, 6.45) is -0.0720. The molecule has 1 fully saturated rings. The quantitative estimate of drug-likeness (QED) is 0.619. The van der Waals surface area contributed by atoms with Crippen LogP contribution in [0.25, 0.3) is 0 Å². The zero-order valence-corrected chi connectivity index (χ0v) is 9.61. The van der Waals surface area contributed by atoms with Gasteiger partial charge < -0.3 is 9.47 Å². The molecule has 1 aliphatic rings. The van der Waals surface area contributed by atoms with Crippen molar-refractivity contribution in [3.05, 3.63) is 34.9 Å². The number of hydrazine groups is 1. The number of hydrogen-bond acceptors (Lipinski definition) is 4. The molecular formula is C11H15ClN2O2. The Morgan fingerprint density at radius 3 is 2.94 bits per heavy atom. The van der Waals surface area contributed by atoms with E-state index in [1.807, 2.05) is 24.3 Å². The number of nitrogens with two attached hydrogens (primary N) is 1. The SMILES string of the molecule is NNC(c1cccc(Cl)c1)C1COCCO1. The molecule has 16 heavy (non-hydrogen) atoms. The van der Waals surface area contributed by atoms with Crippen LogP contribution in [0.5, 0.6) is 0 Å². The molecule has 5 heteroatoms. The standard InChI is InChI=1S/C11H15ClN2O2/c12-9-3-1-2-8(6-9)11(14-13)10-7-15-4-5-16-10/h1-3,6,10-11,14H,4-5,7,13H2. The van der Waals surface area contributed by atoms with E-state index in [4.69, 9.17) is 26.9 Å². The minimum absolute atomic E-state index is 0.0720. The smallest absolute Gasteiger partial charge is 0.102 e. The van der Waals surface area contributed by atoms with Crippen molar-refractivity contribution in [1.82, 2.24) is 5.43 Å². The Kier molecular flexibility index (Phi) is 4.15. The molecule has 1 aromatic carbocycles. The van der Waals surface area contributed by atoms with Crippen molar-refractivity contribution in [2.75, 3.05) is 19.8 Å². The number of halogens is 1. The van der Waals surface area contributed by atoms with Crippen molar-refractivity contribution in [1.29, 1.82) is 0 Å². The third-order valence-electron chi connectivity index (χ3n) is 2.60. The number of rotatable bonds is 3. The van der Waals surface area contributed by atoms with Crippen LogP contribution < -0.4 is 11.3 Å². The number of hydrogen-bond donors (Lipinski definition) is 2. The van der Waals surface area contributed by atoms with Gasteiger partial charge in [-0.2, -0.15) is 0 Å². The summed E-state index contributed by atoms with van der Waals surface area (Å²) >= 11 is 5.94. The Balaban J connectivity index is 2.14. The van der Waals surface area contributed by atoms with E-state index >= 15 is 0 Å². The van der Waals surface area contributed by atoms with E-state index in [0.29, 0.717) is 24.8 Å². The molecule has 0 bridgehead atoms. The van der Waals surface area contributed by atoms with Gasteiger partial charge in [0.25, 0.3) is 0 Å². The Morgan fingerprint density at radius 1 is 1.44 bits per heavy atom. The number of benzene rings is 1. The molecule has 88 valence electrons. The monoisotopic (exact) mass is 242 g/mol. The fourth-order valence-corrected chi connectivity index (χ4v) is 2.02. The molecule has 0 amide bonds. The predicted octanol–water partition coefficient (Wildman–Crippen LogP) is 1.26. The minimum Gasteiger partial charge on any atom is -0.376 e. The van der Waals surface area contributed by atoms with Gasteiger partial charge in [0.05, 0.1) is 25.9 Å². The summed E-state index contributed by atoms with van der Waals surface area (Å²) in [5, 5.41) is 0.689. The average Bonchev–Trinajstić information content (AvgIpc) is 2.31. The van der Waals surface area contributed by atoms with Gasteiger partial charge in [-0.1, -0.05) is 23.7 Å². The van der Waals surface area contributed by atoms with Gasteiger partial charge in [0.1, 0.15) is 6.10 Å². The molecular weight excluding hydrogens is 228 g/mol. The highest BCUT2D eigenvalue weighted by molar-refractivity contribution is 6.30.